The average Bonchev–Trinajstić information content (AvgIpc) is 2.24. The van der Waals surface area contributed by atoms with Gasteiger partial charge in [-0.1, -0.05) is 23.8 Å². The smallest absolute Gasteiger partial charge is 0.315 e. The van der Waals surface area contributed by atoms with Crippen molar-refractivity contribution >= 4 is 5.97 Å². The SMILES string of the molecule is Cc1ccc(C)c(C2(C3(C(=O)O)COC3)COC2)c1. The number of carboxylic acid groups (broad SMARTS) is 1. The normalized spacial score (nSPS) is 23.3. The molecular weight excluding hydrogens is 244 g/mol. The standard InChI is InChI=1S/C15H18O4/c1-10-3-4-11(2)12(5-10)14(6-18-7-14)15(13(16)17)8-19-9-15/h3-5H,6-9H2,1-2H3,(H,16,17). The Kier molecular flexibility index (Phi) is 2.69. The monoisotopic (exact) mass is 262 g/mol. The third kappa shape index (κ3) is 1.50. The predicted molar refractivity (Wildman–Crippen MR) is 69.3 cm³/mol. The van der Waals surface area contributed by atoms with Gasteiger partial charge in [0.2, 0.25) is 0 Å². The second-order valence-corrected chi connectivity index (χ2v) is 5.77. The Hall–Kier alpha value is -1.39. The summed E-state index contributed by atoms with van der Waals surface area (Å²) in [6.45, 7) is 5.54. The highest BCUT2D eigenvalue weighted by Gasteiger charge is 2.66. The van der Waals surface area contributed by atoms with Crippen LogP contribution in [0.4, 0.5) is 0 Å². The van der Waals surface area contributed by atoms with Gasteiger partial charge >= 0.3 is 5.97 Å². The van der Waals surface area contributed by atoms with Crippen LogP contribution in [-0.2, 0) is 19.7 Å². The Bertz CT molecular complexity index is 527. The molecule has 1 aromatic rings. The number of carbonyl (C=O) groups is 1. The summed E-state index contributed by atoms with van der Waals surface area (Å²) >= 11 is 0. The lowest BCUT2D eigenvalue weighted by Crippen LogP contribution is -2.70. The van der Waals surface area contributed by atoms with Crippen LogP contribution < -0.4 is 0 Å². The van der Waals surface area contributed by atoms with Gasteiger partial charge in [0.05, 0.1) is 31.8 Å². The van der Waals surface area contributed by atoms with Gasteiger partial charge in [0.1, 0.15) is 5.41 Å². The third-order valence-corrected chi connectivity index (χ3v) is 4.63. The Morgan fingerprint density at radius 2 is 1.79 bits per heavy atom. The fourth-order valence-corrected chi connectivity index (χ4v) is 3.16. The van der Waals surface area contributed by atoms with Crippen LogP contribution in [0.25, 0.3) is 0 Å². The maximum absolute atomic E-state index is 11.8. The molecule has 0 unspecified atom stereocenters. The predicted octanol–water partition coefficient (Wildman–Crippen LogP) is 1.67. The van der Waals surface area contributed by atoms with Gasteiger partial charge < -0.3 is 14.6 Å². The zero-order valence-electron chi connectivity index (χ0n) is 11.2. The largest absolute Gasteiger partial charge is 0.481 e. The van der Waals surface area contributed by atoms with Crippen molar-refractivity contribution in [3.63, 3.8) is 0 Å². The molecule has 2 aliphatic rings. The first-order valence-electron chi connectivity index (χ1n) is 6.48. The summed E-state index contributed by atoms with van der Waals surface area (Å²) in [6.07, 6.45) is 0. The first-order valence-corrected chi connectivity index (χ1v) is 6.48. The van der Waals surface area contributed by atoms with Crippen LogP contribution in [0.15, 0.2) is 18.2 Å². The molecule has 0 aromatic heterocycles. The van der Waals surface area contributed by atoms with Crippen LogP contribution in [-0.4, -0.2) is 37.5 Å². The van der Waals surface area contributed by atoms with Crippen molar-refractivity contribution in [3.05, 3.63) is 34.9 Å². The Morgan fingerprint density at radius 1 is 1.16 bits per heavy atom. The summed E-state index contributed by atoms with van der Waals surface area (Å²) in [5.41, 5.74) is 2.11. The van der Waals surface area contributed by atoms with Crippen LogP contribution in [0.1, 0.15) is 16.7 Å². The quantitative estimate of drug-likeness (QED) is 0.900. The van der Waals surface area contributed by atoms with Gasteiger partial charge in [-0.05, 0) is 25.0 Å². The number of aryl methyl sites for hydroxylation is 2. The minimum atomic E-state index is -0.830. The maximum Gasteiger partial charge on any atom is 0.315 e. The van der Waals surface area contributed by atoms with Crippen molar-refractivity contribution in [2.24, 2.45) is 5.41 Å². The lowest BCUT2D eigenvalue weighted by molar-refractivity contribution is -0.236. The number of benzene rings is 1. The Morgan fingerprint density at radius 3 is 2.21 bits per heavy atom. The van der Waals surface area contributed by atoms with E-state index in [4.69, 9.17) is 9.47 Å². The van der Waals surface area contributed by atoms with Crippen molar-refractivity contribution < 1.29 is 19.4 Å². The second-order valence-electron chi connectivity index (χ2n) is 5.77. The van der Waals surface area contributed by atoms with E-state index in [9.17, 15) is 9.90 Å². The average molecular weight is 262 g/mol. The molecule has 2 fully saturated rings. The van der Waals surface area contributed by atoms with Crippen LogP contribution in [0.2, 0.25) is 0 Å². The molecule has 102 valence electrons. The molecule has 0 spiro atoms. The highest BCUT2D eigenvalue weighted by molar-refractivity contribution is 5.79. The molecule has 2 aliphatic heterocycles. The van der Waals surface area contributed by atoms with Gasteiger partial charge in [0.15, 0.2) is 0 Å². The molecule has 0 atom stereocenters. The molecule has 1 aromatic carbocycles. The fourth-order valence-electron chi connectivity index (χ4n) is 3.16. The number of hydrogen-bond acceptors (Lipinski definition) is 3. The van der Waals surface area contributed by atoms with E-state index < -0.39 is 16.8 Å². The van der Waals surface area contributed by atoms with Gasteiger partial charge in [-0.15, -0.1) is 0 Å². The molecule has 0 amide bonds. The zero-order valence-corrected chi connectivity index (χ0v) is 11.2. The molecule has 19 heavy (non-hydrogen) atoms. The summed E-state index contributed by atoms with van der Waals surface area (Å²) in [5.74, 6) is -0.775. The number of aliphatic carboxylic acids is 1. The van der Waals surface area contributed by atoms with E-state index in [1.807, 2.05) is 13.8 Å². The van der Waals surface area contributed by atoms with Gasteiger partial charge in [-0.2, -0.15) is 0 Å². The lowest BCUT2D eigenvalue weighted by atomic mass is 9.56. The molecule has 0 aliphatic carbocycles. The van der Waals surface area contributed by atoms with Crippen molar-refractivity contribution in [3.8, 4) is 0 Å². The topological polar surface area (TPSA) is 55.8 Å². The number of rotatable bonds is 3. The molecular formula is C15H18O4. The Balaban J connectivity index is 2.13. The minimum Gasteiger partial charge on any atom is -0.481 e. The van der Waals surface area contributed by atoms with E-state index in [-0.39, 0.29) is 13.2 Å². The van der Waals surface area contributed by atoms with Gasteiger partial charge in [0, 0.05) is 0 Å². The summed E-state index contributed by atoms with van der Waals surface area (Å²) in [4.78, 5) is 11.8. The van der Waals surface area contributed by atoms with E-state index in [2.05, 4.69) is 18.2 Å². The van der Waals surface area contributed by atoms with Gasteiger partial charge in [-0.25, -0.2) is 0 Å². The zero-order chi connectivity index (χ0) is 13.7. The highest BCUT2D eigenvalue weighted by atomic mass is 16.5. The Labute approximate surface area is 112 Å². The van der Waals surface area contributed by atoms with E-state index in [0.717, 1.165) is 16.7 Å². The van der Waals surface area contributed by atoms with Crippen molar-refractivity contribution in [1.29, 1.82) is 0 Å². The summed E-state index contributed by atoms with van der Waals surface area (Å²) in [7, 11) is 0. The third-order valence-electron chi connectivity index (χ3n) is 4.63. The van der Waals surface area contributed by atoms with Crippen LogP contribution >= 0.6 is 0 Å². The van der Waals surface area contributed by atoms with Gasteiger partial charge in [-0.3, -0.25) is 4.79 Å². The van der Waals surface area contributed by atoms with E-state index in [1.165, 1.54) is 0 Å². The van der Waals surface area contributed by atoms with Crippen molar-refractivity contribution in [1.82, 2.24) is 0 Å². The fraction of sp³-hybridized carbons (Fsp3) is 0.533. The van der Waals surface area contributed by atoms with E-state index in [1.54, 1.807) is 0 Å². The minimum absolute atomic E-state index is 0.277. The lowest BCUT2D eigenvalue weighted by Gasteiger charge is -2.57. The maximum atomic E-state index is 11.8. The molecule has 1 N–H and O–H groups in total. The van der Waals surface area contributed by atoms with Crippen LogP contribution in [0.5, 0.6) is 0 Å². The molecule has 2 heterocycles. The van der Waals surface area contributed by atoms with Gasteiger partial charge in [0.25, 0.3) is 0 Å². The summed E-state index contributed by atoms with van der Waals surface area (Å²) in [5, 5.41) is 9.67. The first-order chi connectivity index (χ1) is 9.02. The first kappa shape index (κ1) is 12.6. The summed E-state index contributed by atoms with van der Waals surface area (Å²) in [6, 6.07) is 6.21. The molecule has 0 saturated carbocycles. The van der Waals surface area contributed by atoms with E-state index >= 15 is 0 Å². The molecule has 0 bridgehead atoms. The van der Waals surface area contributed by atoms with Crippen molar-refractivity contribution in [2.75, 3.05) is 26.4 Å². The second kappa shape index (κ2) is 4.05. The summed E-state index contributed by atoms with van der Waals surface area (Å²) < 4.78 is 10.6. The highest BCUT2D eigenvalue weighted by Crippen LogP contribution is 2.52. The molecule has 4 heteroatoms. The molecule has 2 saturated heterocycles. The van der Waals surface area contributed by atoms with Crippen LogP contribution in [0, 0.1) is 19.3 Å². The number of ether oxygens (including phenoxy) is 2. The van der Waals surface area contributed by atoms with E-state index in [0.29, 0.717) is 13.2 Å². The molecule has 0 radical (unpaired) electrons. The van der Waals surface area contributed by atoms with Crippen molar-refractivity contribution in [2.45, 2.75) is 19.3 Å². The molecule has 4 nitrogen and oxygen atoms in total. The van der Waals surface area contributed by atoms with Crippen LogP contribution in [0.3, 0.4) is 0 Å². The number of hydrogen-bond donors (Lipinski definition) is 1. The molecule has 3 rings (SSSR count). The number of carboxylic acids is 1.